The summed E-state index contributed by atoms with van der Waals surface area (Å²) in [5.74, 6) is 0.551. The fourth-order valence-corrected chi connectivity index (χ4v) is 2.89. The van der Waals surface area contributed by atoms with Crippen molar-refractivity contribution in [1.82, 2.24) is 10.2 Å². The number of carbonyl (C=O) groups is 1. The van der Waals surface area contributed by atoms with Crippen molar-refractivity contribution >= 4 is 23.3 Å². The number of nitrogens with one attached hydrogen (secondary N) is 2. The Morgan fingerprint density at radius 1 is 1.39 bits per heavy atom. The van der Waals surface area contributed by atoms with Gasteiger partial charge in [-0.25, -0.2) is 4.79 Å². The fourth-order valence-electron chi connectivity index (χ4n) is 2.63. The minimum Gasteiger partial charge on any atom is -0.495 e. The molecule has 1 atom stereocenters. The van der Waals surface area contributed by atoms with Crippen LogP contribution < -0.4 is 15.4 Å². The van der Waals surface area contributed by atoms with E-state index in [4.69, 9.17) is 16.3 Å². The van der Waals surface area contributed by atoms with E-state index in [9.17, 15) is 9.90 Å². The number of likely N-dealkylation sites (tertiary alicyclic amines) is 1. The number of aliphatic hydroxyl groups excluding tert-OH is 1. The first-order chi connectivity index (χ1) is 11.1. The van der Waals surface area contributed by atoms with Crippen LogP contribution in [0.15, 0.2) is 18.2 Å². The molecule has 1 heterocycles. The lowest BCUT2D eigenvalue weighted by Crippen LogP contribution is -2.42. The maximum Gasteiger partial charge on any atom is 0.319 e. The average Bonchev–Trinajstić information content (AvgIpc) is 2.54. The van der Waals surface area contributed by atoms with Crippen molar-refractivity contribution in [3.63, 3.8) is 0 Å². The second kappa shape index (κ2) is 8.96. The van der Waals surface area contributed by atoms with E-state index < -0.39 is 6.10 Å². The summed E-state index contributed by atoms with van der Waals surface area (Å²) in [6, 6.07) is 4.63. The molecule has 0 aliphatic carbocycles. The van der Waals surface area contributed by atoms with Gasteiger partial charge >= 0.3 is 6.03 Å². The second-order valence-corrected chi connectivity index (χ2v) is 6.11. The Kier molecular flexibility index (Phi) is 6.95. The molecular formula is C16H24ClN3O3. The number of piperidine rings is 1. The number of hydrogen-bond acceptors (Lipinski definition) is 4. The molecule has 1 saturated heterocycles. The zero-order valence-electron chi connectivity index (χ0n) is 13.3. The molecule has 7 heteroatoms. The molecule has 1 aliphatic rings. The van der Waals surface area contributed by atoms with Gasteiger partial charge in [0.1, 0.15) is 5.75 Å². The average molecular weight is 342 g/mol. The smallest absolute Gasteiger partial charge is 0.319 e. The third-order valence-corrected chi connectivity index (χ3v) is 4.12. The first-order valence-corrected chi connectivity index (χ1v) is 8.25. The van der Waals surface area contributed by atoms with Gasteiger partial charge in [-0.05, 0) is 44.1 Å². The Morgan fingerprint density at radius 3 is 2.78 bits per heavy atom. The normalized spacial score (nSPS) is 16.7. The number of β-amino-alcohol motifs (C(OH)–C–C–N with tert-alkyl or cyclic N) is 1. The summed E-state index contributed by atoms with van der Waals surface area (Å²) in [6.07, 6.45) is 3.05. The third-order valence-electron chi connectivity index (χ3n) is 3.83. The molecule has 128 valence electrons. The number of urea groups is 1. The van der Waals surface area contributed by atoms with Crippen LogP contribution in [0.25, 0.3) is 0 Å². The number of amides is 2. The largest absolute Gasteiger partial charge is 0.495 e. The SMILES string of the molecule is COc1ccc(NC(=O)NC[C@H](O)CN2CCCCC2)cc1Cl. The number of nitrogens with zero attached hydrogens (tertiary/aromatic N) is 1. The van der Waals surface area contributed by atoms with E-state index in [1.807, 2.05) is 0 Å². The van der Waals surface area contributed by atoms with E-state index >= 15 is 0 Å². The van der Waals surface area contributed by atoms with Gasteiger partial charge in [-0.2, -0.15) is 0 Å². The molecule has 0 bridgehead atoms. The lowest BCUT2D eigenvalue weighted by molar-refractivity contribution is 0.102. The summed E-state index contributed by atoms with van der Waals surface area (Å²) in [6.45, 7) is 2.85. The molecule has 1 fully saturated rings. The minimum atomic E-state index is -0.571. The van der Waals surface area contributed by atoms with E-state index in [0.29, 0.717) is 23.0 Å². The van der Waals surface area contributed by atoms with Crippen LogP contribution in [0.4, 0.5) is 10.5 Å². The summed E-state index contributed by atoms with van der Waals surface area (Å²) in [5, 5.41) is 15.8. The minimum absolute atomic E-state index is 0.215. The summed E-state index contributed by atoms with van der Waals surface area (Å²) in [7, 11) is 1.53. The summed E-state index contributed by atoms with van der Waals surface area (Å²) in [5.41, 5.74) is 0.568. The topological polar surface area (TPSA) is 73.8 Å². The van der Waals surface area contributed by atoms with Crippen molar-refractivity contribution in [1.29, 1.82) is 0 Å². The molecule has 1 aromatic carbocycles. The molecule has 0 unspecified atom stereocenters. The van der Waals surface area contributed by atoms with Crippen molar-refractivity contribution in [2.45, 2.75) is 25.4 Å². The molecule has 0 saturated carbocycles. The number of rotatable bonds is 6. The van der Waals surface area contributed by atoms with Crippen molar-refractivity contribution in [2.75, 3.05) is 38.6 Å². The highest BCUT2D eigenvalue weighted by Crippen LogP contribution is 2.27. The van der Waals surface area contributed by atoms with E-state index in [0.717, 1.165) is 13.1 Å². The van der Waals surface area contributed by atoms with Gasteiger partial charge in [0.25, 0.3) is 0 Å². The van der Waals surface area contributed by atoms with Gasteiger partial charge in [0.05, 0.1) is 18.2 Å². The Bertz CT molecular complexity index is 521. The van der Waals surface area contributed by atoms with Crippen LogP contribution in [-0.4, -0.2) is 55.4 Å². The predicted octanol–water partition coefficient (Wildman–Crippen LogP) is 2.32. The maximum atomic E-state index is 11.9. The number of methoxy groups -OCH3 is 1. The number of anilines is 1. The highest BCUT2D eigenvalue weighted by atomic mass is 35.5. The van der Waals surface area contributed by atoms with Gasteiger partial charge in [-0.15, -0.1) is 0 Å². The van der Waals surface area contributed by atoms with Crippen LogP contribution in [0, 0.1) is 0 Å². The number of benzene rings is 1. The summed E-state index contributed by atoms with van der Waals surface area (Å²) < 4.78 is 5.06. The Morgan fingerprint density at radius 2 is 2.13 bits per heavy atom. The van der Waals surface area contributed by atoms with Crippen LogP contribution in [0.2, 0.25) is 5.02 Å². The Labute approximate surface area is 141 Å². The van der Waals surface area contributed by atoms with Gasteiger partial charge < -0.3 is 25.4 Å². The van der Waals surface area contributed by atoms with E-state index in [2.05, 4.69) is 15.5 Å². The van der Waals surface area contributed by atoms with Gasteiger partial charge in [-0.1, -0.05) is 18.0 Å². The van der Waals surface area contributed by atoms with Gasteiger partial charge in [-0.3, -0.25) is 0 Å². The maximum absolute atomic E-state index is 11.9. The zero-order chi connectivity index (χ0) is 16.7. The lowest BCUT2D eigenvalue weighted by atomic mass is 10.1. The summed E-state index contributed by atoms with van der Waals surface area (Å²) >= 11 is 6.01. The molecule has 0 aromatic heterocycles. The molecular weight excluding hydrogens is 318 g/mol. The standard InChI is InChI=1S/C16H24ClN3O3/c1-23-15-6-5-12(9-14(15)17)19-16(22)18-10-13(21)11-20-7-3-2-4-8-20/h5-6,9,13,21H,2-4,7-8,10-11H2,1H3,(H2,18,19,22)/t13-/m0/s1. The molecule has 0 radical (unpaired) electrons. The van der Waals surface area contributed by atoms with Gasteiger partial charge in [0.15, 0.2) is 0 Å². The second-order valence-electron chi connectivity index (χ2n) is 5.70. The molecule has 2 amide bonds. The van der Waals surface area contributed by atoms with Gasteiger partial charge in [0, 0.05) is 18.8 Å². The number of halogens is 1. The molecule has 3 N–H and O–H groups in total. The third kappa shape index (κ3) is 5.89. The molecule has 23 heavy (non-hydrogen) atoms. The van der Waals surface area contributed by atoms with E-state index in [1.54, 1.807) is 18.2 Å². The molecule has 2 rings (SSSR count). The Hall–Kier alpha value is -1.50. The molecule has 0 spiro atoms. The van der Waals surface area contributed by atoms with Crippen LogP contribution in [0.5, 0.6) is 5.75 Å². The number of carbonyl (C=O) groups excluding carboxylic acids is 1. The monoisotopic (exact) mass is 341 g/mol. The van der Waals surface area contributed by atoms with E-state index in [1.165, 1.54) is 26.4 Å². The zero-order valence-corrected chi connectivity index (χ0v) is 14.1. The van der Waals surface area contributed by atoms with Crippen LogP contribution >= 0.6 is 11.6 Å². The van der Waals surface area contributed by atoms with Crippen LogP contribution in [0.1, 0.15) is 19.3 Å². The van der Waals surface area contributed by atoms with Crippen molar-refractivity contribution < 1.29 is 14.6 Å². The highest BCUT2D eigenvalue weighted by molar-refractivity contribution is 6.32. The van der Waals surface area contributed by atoms with Crippen molar-refractivity contribution in [2.24, 2.45) is 0 Å². The molecule has 1 aromatic rings. The Balaban J connectivity index is 1.72. The molecule has 6 nitrogen and oxygen atoms in total. The first-order valence-electron chi connectivity index (χ1n) is 7.87. The highest BCUT2D eigenvalue weighted by Gasteiger charge is 2.15. The van der Waals surface area contributed by atoms with Crippen LogP contribution in [-0.2, 0) is 0 Å². The van der Waals surface area contributed by atoms with Crippen LogP contribution in [0.3, 0.4) is 0 Å². The number of ether oxygens (including phenoxy) is 1. The first kappa shape index (κ1) is 17.8. The van der Waals surface area contributed by atoms with E-state index in [-0.39, 0.29) is 12.6 Å². The predicted molar refractivity (Wildman–Crippen MR) is 91.3 cm³/mol. The molecule has 1 aliphatic heterocycles. The quantitative estimate of drug-likeness (QED) is 0.742. The number of hydrogen-bond donors (Lipinski definition) is 3. The van der Waals surface area contributed by atoms with Crippen molar-refractivity contribution in [3.8, 4) is 5.75 Å². The fraction of sp³-hybridized carbons (Fsp3) is 0.562. The lowest BCUT2D eigenvalue weighted by Gasteiger charge is -2.28. The van der Waals surface area contributed by atoms with Crippen molar-refractivity contribution in [3.05, 3.63) is 23.2 Å². The summed E-state index contributed by atoms with van der Waals surface area (Å²) in [4.78, 5) is 14.1. The van der Waals surface area contributed by atoms with Gasteiger partial charge in [0.2, 0.25) is 0 Å². The number of aliphatic hydroxyl groups is 1.